The molecule has 0 radical (unpaired) electrons. The third-order valence-electron chi connectivity index (χ3n) is 3.01. The number of aryl methyl sites for hydroxylation is 1. The Labute approximate surface area is 82.3 Å². The third-order valence-corrected chi connectivity index (χ3v) is 3.01. The molecule has 1 aliphatic carbocycles. The minimum Gasteiger partial charge on any atom is -0.393 e. The van der Waals surface area contributed by atoms with Crippen LogP contribution in [0.25, 0.3) is 0 Å². The maximum absolute atomic E-state index is 13.0. The van der Waals surface area contributed by atoms with Crippen molar-refractivity contribution < 1.29 is 14.2 Å². The fraction of sp³-hybridized carbons (Fsp3) is 0.455. The molecule has 1 unspecified atom stereocenters. The van der Waals surface area contributed by atoms with Crippen LogP contribution in [0.2, 0.25) is 0 Å². The van der Waals surface area contributed by atoms with Gasteiger partial charge in [-0.25, -0.2) is 4.39 Å². The van der Waals surface area contributed by atoms with Gasteiger partial charge in [0.1, 0.15) is 11.4 Å². The molecule has 0 saturated heterocycles. The largest absolute Gasteiger partial charge is 0.393 e. The van der Waals surface area contributed by atoms with Crippen molar-refractivity contribution in [1.29, 1.82) is 0 Å². The molecule has 0 aliphatic heterocycles. The molecule has 1 aliphatic rings. The van der Waals surface area contributed by atoms with Gasteiger partial charge in [0.2, 0.25) is 0 Å². The Balaban J connectivity index is 2.51. The molecule has 0 saturated carbocycles. The second-order valence-corrected chi connectivity index (χ2v) is 3.66. The molecule has 2 nitrogen and oxygen atoms in total. The molecule has 0 spiro atoms. The molecule has 1 atom stereocenters. The number of fused-ring (bicyclic) bond motifs is 1. The monoisotopic (exact) mass is 196 g/mol. The normalized spacial score (nSPS) is 25.1. The van der Waals surface area contributed by atoms with E-state index >= 15 is 0 Å². The lowest BCUT2D eigenvalue weighted by Crippen LogP contribution is -2.29. The molecular weight excluding hydrogens is 183 g/mol. The molecule has 0 aromatic heterocycles. The Bertz CT molecular complexity index is 345. The van der Waals surface area contributed by atoms with E-state index in [0.717, 1.165) is 24.0 Å². The van der Waals surface area contributed by atoms with Gasteiger partial charge in [-0.05, 0) is 36.1 Å². The lowest BCUT2D eigenvalue weighted by Gasteiger charge is -2.26. The standard InChI is InChI=1S/C11H13FO2/c1-14-11(7-13)5-4-8-2-3-9(12)6-10(8)11/h2-3,6,13H,4-5,7H2,1H3. The second kappa shape index (κ2) is 3.33. The van der Waals surface area contributed by atoms with E-state index in [4.69, 9.17) is 4.74 Å². The van der Waals surface area contributed by atoms with Crippen molar-refractivity contribution in [2.24, 2.45) is 0 Å². The summed E-state index contributed by atoms with van der Waals surface area (Å²) in [7, 11) is 1.55. The van der Waals surface area contributed by atoms with Crippen molar-refractivity contribution in [2.45, 2.75) is 18.4 Å². The predicted molar refractivity (Wildman–Crippen MR) is 50.5 cm³/mol. The maximum atomic E-state index is 13.0. The SMILES string of the molecule is COC1(CO)CCc2ccc(F)cc21. The lowest BCUT2D eigenvalue weighted by molar-refractivity contribution is -0.0555. The Hall–Kier alpha value is -0.930. The Morgan fingerprint density at radius 3 is 3.00 bits per heavy atom. The molecule has 76 valence electrons. The number of methoxy groups -OCH3 is 1. The summed E-state index contributed by atoms with van der Waals surface area (Å²) in [5, 5.41) is 9.31. The number of rotatable bonds is 2. The van der Waals surface area contributed by atoms with Crippen molar-refractivity contribution in [3.63, 3.8) is 0 Å². The zero-order chi connectivity index (χ0) is 10.2. The van der Waals surface area contributed by atoms with Crippen LogP contribution in [-0.2, 0) is 16.8 Å². The van der Waals surface area contributed by atoms with Crippen LogP contribution in [0.1, 0.15) is 17.5 Å². The highest BCUT2D eigenvalue weighted by atomic mass is 19.1. The number of benzene rings is 1. The summed E-state index contributed by atoms with van der Waals surface area (Å²) in [6.45, 7) is -0.0973. The zero-order valence-corrected chi connectivity index (χ0v) is 8.09. The molecule has 3 heteroatoms. The van der Waals surface area contributed by atoms with Gasteiger partial charge in [0, 0.05) is 7.11 Å². The van der Waals surface area contributed by atoms with Gasteiger partial charge >= 0.3 is 0 Å². The summed E-state index contributed by atoms with van der Waals surface area (Å²) in [5.74, 6) is -0.277. The van der Waals surface area contributed by atoms with E-state index in [-0.39, 0.29) is 12.4 Å². The van der Waals surface area contributed by atoms with Gasteiger partial charge in [-0.2, -0.15) is 0 Å². The summed E-state index contributed by atoms with van der Waals surface area (Å²) >= 11 is 0. The highest BCUT2D eigenvalue weighted by Gasteiger charge is 2.38. The Morgan fingerprint density at radius 1 is 1.57 bits per heavy atom. The van der Waals surface area contributed by atoms with Gasteiger partial charge in [-0.3, -0.25) is 0 Å². The van der Waals surface area contributed by atoms with E-state index in [0.29, 0.717) is 0 Å². The number of ether oxygens (including phenoxy) is 1. The van der Waals surface area contributed by atoms with Crippen LogP contribution in [0.4, 0.5) is 4.39 Å². The zero-order valence-electron chi connectivity index (χ0n) is 8.09. The summed E-state index contributed by atoms with van der Waals surface area (Å²) in [4.78, 5) is 0. The van der Waals surface area contributed by atoms with E-state index in [1.807, 2.05) is 0 Å². The van der Waals surface area contributed by atoms with Crippen molar-refractivity contribution in [3.05, 3.63) is 35.1 Å². The van der Waals surface area contributed by atoms with Crippen LogP contribution in [0.3, 0.4) is 0 Å². The van der Waals surface area contributed by atoms with Gasteiger partial charge in [0.25, 0.3) is 0 Å². The van der Waals surface area contributed by atoms with Crippen LogP contribution in [0.5, 0.6) is 0 Å². The van der Waals surface area contributed by atoms with E-state index in [1.165, 1.54) is 12.1 Å². The van der Waals surface area contributed by atoms with Crippen LogP contribution >= 0.6 is 0 Å². The topological polar surface area (TPSA) is 29.5 Å². The quantitative estimate of drug-likeness (QED) is 0.778. The average molecular weight is 196 g/mol. The first kappa shape index (κ1) is 9.62. The highest BCUT2D eigenvalue weighted by molar-refractivity contribution is 5.38. The molecule has 14 heavy (non-hydrogen) atoms. The summed E-state index contributed by atoms with van der Waals surface area (Å²) < 4.78 is 18.4. The summed E-state index contributed by atoms with van der Waals surface area (Å²) in [6.07, 6.45) is 1.56. The van der Waals surface area contributed by atoms with Gasteiger partial charge in [-0.1, -0.05) is 6.07 Å². The first-order valence-corrected chi connectivity index (χ1v) is 4.67. The smallest absolute Gasteiger partial charge is 0.123 e. The fourth-order valence-electron chi connectivity index (χ4n) is 2.10. The van der Waals surface area contributed by atoms with Gasteiger partial charge in [0.15, 0.2) is 0 Å². The summed E-state index contributed by atoms with van der Waals surface area (Å²) in [5.41, 5.74) is 1.18. The van der Waals surface area contributed by atoms with Crippen molar-refractivity contribution in [2.75, 3.05) is 13.7 Å². The van der Waals surface area contributed by atoms with E-state index in [2.05, 4.69) is 0 Å². The second-order valence-electron chi connectivity index (χ2n) is 3.66. The van der Waals surface area contributed by atoms with Crippen LogP contribution in [0, 0.1) is 5.82 Å². The van der Waals surface area contributed by atoms with Crippen molar-refractivity contribution in [3.8, 4) is 0 Å². The molecule has 1 N–H and O–H groups in total. The molecule has 0 heterocycles. The molecule has 0 amide bonds. The van der Waals surface area contributed by atoms with Gasteiger partial charge in [-0.15, -0.1) is 0 Å². The number of aliphatic hydroxyl groups excluding tert-OH is 1. The average Bonchev–Trinajstić information content (AvgIpc) is 2.57. The molecule has 2 rings (SSSR count). The van der Waals surface area contributed by atoms with E-state index in [1.54, 1.807) is 13.2 Å². The number of halogens is 1. The number of aliphatic hydroxyl groups is 1. The first-order valence-electron chi connectivity index (χ1n) is 4.67. The molecule has 1 aromatic rings. The van der Waals surface area contributed by atoms with Gasteiger partial charge < -0.3 is 9.84 Å². The Morgan fingerprint density at radius 2 is 2.36 bits per heavy atom. The maximum Gasteiger partial charge on any atom is 0.123 e. The number of hydrogen-bond acceptors (Lipinski definition) is 2. The molecule has 0 fully saturated rings. The van der Waals surface area contributed by atoms with Crippen LogP contribution in [-0.4, -0.2) is 18.8 Å². The van der Waals surface area contributed by atoms with E-state index in [9.17, 15) is 9.50 Å². The van der Waals surface area contributed by atoms with E-state index < -0.39 is 5.60 Å². The van der Waals surface area contributed by atoms with Crippen LogP contribution < -0.4 is 0 Å². The summed E-state index contributed by atoms with van der Waals surface area (Å²) in [6, 6.07) is 4.67. The van der Waals surface area contributed by atoms with Crippen molar-refractivity contribution in [1.82, 2.24) is 0 Å². The van der Waals surface area contributed by atoms with Crippen LogP contribution in [0.15, 0.2) is 18.2 Å². The first-order chi connectivity index (χ1) is 6.72. The molecular formula is C11H13FO2. The van der Waals surface area contributed by atoms with Gasteiger partial charge in [0.05, 0.1) is 6.61 Å². The highest BCUT2D eigenvalue weighted by Crippen LogP contribution is 2.39. The minimum atomic E-state index is -0.683. The van der Waals surface area contributed by atoms with Crippen molar-refractivity contribution >= 4 is 0 Å². The fourth-order valence-corrected chi connectivity index (χ4v) is 2.10. The predicted octanol–water partition coefficient (Wildman–Crippen LogP) is 1.61. The number of hydrogen-bond donors (Lipinski definition) is 1. The third kappa shape index (κ3) is 1.24. The Kier molecular flexibility index (Phi) is 2.29. The minimum absolute atomic E-state index is 0.0973. The molecule has 0 bridgehead atoms. The molecule has 1 aromatic carbocycles. The lowest BCUT2D eigenvalue weighted by atomic mass is 9.97.